The molecule has 104 valence electrons. The summed E-state index contributed by atoms with van der Waals surface area (Å²) in [5.41, 5.74) is 0.787. The van der Waals surface area contributed by atoms with Crippen molar-refractivity contribution in [3.63, 3.8) is 0 Å². The van der Waals surface area contributed by atoms with Gasteiger partial charge in [-0.3, -0.25) is 9.52 Å². The zero-order chi connectivity index (χ0) is 13.9. The van der Waals surface area contributed by atoms with Crippen LogP contribution in [-0.2, 0) is 21.4 Å². The number of hydrogen-bond donors (Lipinski definition) is 2. The fraction of sp³-hybridized carbons (Fsp3) is 0.417. The number of carboxylic acid groups (broad SMARTS) is 1. The molecule has 7 heteroatoms. The normalized spacial score (nSPS) is 16.4. The van der Waals surface area contributed by atoms with E-state index in [2.05, 4.69) is 4.72 Å². The van der Waals surface area contributed by atoms with Crippen molar-refractivity contribution in [1.29, 1.82) is 0 Å². The summed E-state index contributed by atoms with van der Waals surface area (Å²) in [5.74, 6) is -0.993. The molecule has 1 aliphatic rings. The number of rotatable bonds is 5. The van der Waals surface area contributed by atoms with Gasteiger partial charge < -0.3 is 5.11 Å². The molecule has 19 heavy (non-hydrogen) atoms. The minimum absolute atomic E-state index is 0.210. The highest BCUT2D eigenvalue weighted by molar-refractivity contribution is 7.90. The smallest absolute Gasteiger partial charge is 0.307 e. The van der Waals surface area contributed by atoms with Crippen molar-refractivity contribution in [1.82, 2.24) is 4.31 Å². The van der Waals surface area contributed by atoms with Crippen LogP contribution in [0.5, 0.6) is 0 Å². The zero-order valence-electron chi connectivity index (χ0n) is 10.4. The van der Waals surface area contributed by atoms with Gasteiger partial charge in [-0.2, -0.15) is 12.7 Å². The molecular weight excluding hydrogens is 268 g/mol. The second kappa shape index (κ2) is 5.58. The lowest BCUT2D eigenvalue weighted by Crippen LogP contribution is -2.33. The van der Waals surface area contributed by atoms with E-state index in [1.165, 1.54) is 4.31 Å². The lowest BCUT2D eigenvalue weighted by Gasteiger charge is -2.18. The summed E-state index contributed by atoms with van der Waals surface area (Å²) < 4.78 is 28.1. The minimum Gasteiger partial charge on any atom is -0.481 e. The van der Waals surface area contributed by atoms with Crippen LogP contribution in [-0.4, -0.2) is 36.9 Å². The van der Waals surface area contributed by atoms with Crippen molar-refractivity contribution >= 4 is 21.9 Å². The third kappa shape index (κ3) is 3.45. The molecule has 0 unspecified atom stereocenters. The molecule has 1 aromatic carbocycles. The summed E-state index contributed by atoms with van der Waals surface area (Å²) in [6.07, 6.45) is 1.51. The molecule has 0 aromatic heterocycles. The van der Waals surface area contributed by atoms with E-state index in [-0.39, 0.29) is 6.42 Å². The van der Waals surface area contributed by atoms with Crippen molar-refractivity contribution in [3.8, 4) is 0 Å². The molecule has 2 rings (SSSR count). The first kappa shape index (κ1) is 13.8. The van der Waals surface area contributed by atoms with Gasteiger partial charge in [0.25, 0.3) is 0 Å². The van der Waals surface area contributed by atoms with Gasteiger partial charge in [-0.15, -0.1) is 0 Å². The molecule has 1 heterocycles. The summed E-state index contributed by atoms with van der Waals surface area (Å²) in [4.78, 5) is 10.8. The van der Waals surface area contributed by atoms with Gasteiger partial charge in [0.2, 0.25) is 0 Å². The Kier molecular flexibility index (Phi) is 4.06. The highest BCUT2D eigenvalue weighted by Gasteiger charge is 2.25. The van der Waals surface area contributed by atoms with E-state index >= 15 is 0 Å². The van der Waals surface area contributed by atoms with E-state index < -0.39 is 16.2 Å². The van der Waals surface area contributed by atoms with Crippen molar-refractivity contribution in [2.75, 3.05) is 17.8 Å². The van der Waals surface area contributed by atoms with Gasteiger partial charge in [0.05, 0.1) is 12.1 Å². The number of nitrogens with zero attached hydrogens (tertiary/aromatic N) is 1. The Morgan fingerprint density at radius 1 is 1.26 bits per heavy atom. The zero-order valence-corrected chi connectivity index (χ0v) is 11.2. The summed E-state index contributed by atoms with van der Waals surface area (Å²) in [6, 6.07) is 6.54. The Bertz CT molecular complexity index is 565. The number of benzene rings is 1. The second-order valence-electron chi connectivity index (χ2n) is 4.44. The van der Waals surface area contributed by atoms with Crippen LogP contribution in [0.1, 0.15) is 18.4 Å². The SMILES string of the molecule is O=C(O)Cc1ccccc1NS(=O)(=O)N1CCCC1. The van der Waals surface area contributed by atoms with Crippen LogP contribution in [0.3, 0.4) is 0 Å². The second-order valence-corrected chi connectivity index (χ2v) is 6.11. The Hall–Kier alpha value is -1.60. The maximum Gasteiger partial charge on any atom is 0.307 e. The van der Waals surface area contributed by atoms with Crippen LogP contribution in [0.4, 0.5) is 5.69 Å². The Labute approximate surface area is 112 Å². The predicted octanol–water partition coefficient (Wildman–Crippen LogP) is 1.07. The van der Waals surface area contributed by atoms with Gasteiger partial charge in [-0.1, -0.05) is 18.2 Å². The molecule has 0 amide bonds. The van der Waals surface area contributed by atoms with Crippen molar-refractivity contribution in [3.05, 3.63) is 29.8 Å². The molecule has 2 N–H and O–H groups in total. The molecule has 1 aromatic rings. The maximum atomic E-state index is 12.1. The van der Waals surface area contributed by atoms with E-state index in [0.29, 0.717) is 24.3 Å². The van der Waals surface area contributed by atoms with Crippen LogP contribution in [0.25, 0.3) is 0 Å². The van der Waals surface area contributed by atoms with Crippen LogP contribution >= 0.6 is 0 Å². The molecule has 0 radical (unpaired) electrons. The van der Waals surface area contributed by atoms with Gasteiger partial charge in [0.1, 0.15) is 0 Å². The van der Waals surface area contributed by atoms with Gasteiger partial charge in [-0.25, -0.2) is 0 Å². The van der Waals surface area contributed by atoms with E-state index in [9.17, 15) is 13.2 Å². The van der Waals surface area contributed by atoms with Crippen LogP contribution in [0, 0.1) is 0 Å². The highest BCUT2D eigenvalue weighted by Crippen LogP contribution is 2.20. The van der Waals surface area contributed by atoms with Crippen molar-refractivity contribution < 1.29 is 18.3 Å². The van der Waals surface area contributed by atoms with Crippen molar-refractivity contribution in [2.24, 2.45) is 0 Å². The number of hydrogen-bond acceptors (Lipinski definition) is 3. The summed E-state index contributed by atoms with van der Waals surface area (Å²) in [7, 11) is -3.58. The Morgan fingerprint density at radius 3 is 2.53 bits per heavy atom. The lowest BCUT2D eigenvalue weighted by molar-refractivity contribution is -0.136. The molecular formula is C12H16N2O4S. The van der Waals surface area contributed by atoms with E-state index in [0.717, 1.165) is 12.8 Å². The summed E-state index contributed by atoms with van der Waals surface area (Å²) in [5, 5.41) is 8.81. The molecule has 1 fully saturated rings. The third-order valence-corrected chi connectivity index (χ3v) is 4.53. The number of carbonyl (C=O) groups is 1. The van der Waals surface area contributed by atoms with E-state index in [4.69, 9.17) is 5.11 Å². The molecule has 1 aliphatic heterocycles. The number of para-hydroxylation sites is 1. The van der Waals surface area contributed by atoms with Gasteiger partial charge in [0.15, 0.2) is 0 Å². The molecule has 1 saturated heterocycles. The number of carboxylic acids is 1. The van der Waals surface area contributed by atoms with Gasteiger partial charge >= 0.3 is 16.2 Å². The monoisotopic (exact) mass is 284 g/mol. The quantitative estimate of drug-likeness (QED) is 0.846. The van der Waals surface area contributed by atoms with E-state index in [1.54, 1.807) is 24.3 Å². The third-order valence-electron chi connectivity index (χ3n) is 3.00. The molecule has 0 atom stereocenters. The van der Waals surface area contributed by atoms with Gasteiger partial charge in [-0.05, 0) is 24.5 Å². The number of anilines is 1. The maximum absolute atomic E-state index is 12.1. The van der Waals surface area contributed by atoms with Crippen LogP contribution in [0.15, 0.2) is 24.3 Å². The fourth-order valence-electron chi connectivity index (χ4n) is 2.07. The number of nitrogens with one attached hydrogen (secondary N) is 1. The van der Waals surface area contributed by atoms with E-state index in [1.807, 2.05) is 0 Å². The standard InChI is InChI=1S/C12H16N2O4S/c15-12(16)9-10-5-1-2-6-11(10)13-19(17,18)14-7-3-4-8-14/h1-2,5-6,13H,3-4,7-9H2,(H,15,16). The first-order valence-electron chi connectivity index (χ1n) is 6.06. The Balaban J connectivity index is 2.20. The summed E-state index contributed by atoms with van der Waals surface area (Å²) in [6.45, 7) is 1.02. The van der Waals surface area contributed by atoms with Crippen molar-refractivity contribution in [2.45, 2.75) is 19.3 Å². The topological polar surface area (TPSA) is 86.7 Å². The number of aliphatic carboxylic acids is 1. The van der Waals surface area contributed by atoms with Crippen LogP contribution in [0.2, 0.25) is 0 Å². The average Bonchev–Trinajstić information content (AvgIpc) is 2.85. The largest absolute Gasteiger partial charge is 0.481 e. The molecule has 0 spiro atoms. The minimum atomic E-state index is -3.58. The Morgan fingerprint density at radius 2 is 1.89 bits per heavy atom. The molecule has 0 saturated carbocycles. The lowest BCUT2D eigenvalue weighted by atomic mass is 10.1. The van der Waals surface area contributed by atoms with Gasteiger partial charge in [0, 0.05) is 13.1 Å². The fourth-order valence-corrected chi connectivity index (χ4v) is 3.41. The highest BCUT2D eigenvalue weighted by atomic mass is 32.2. The van der Waals surface area contributed by atoms with Crippen LogP contribution < -0.4 is 4.72 Å². The first-order valence-corrected chi connectivity index (χ1v) is 7.50. The average molecular weight is 284 g/mol. The first-order chi connectivity index (χ1) is 8.99. The summed E-state index contributed by atoms with van der Waals surface area (Å²) >= 11 is 0. The molecule has 6 nitrogen and oxygen atoms in total. The molecule has 0 bridgehead atoms. The predicted molar refractivity (Wildman–Crippen MR) is 71.1 cm³/mol. The molecule has 0 aliphatic carbocycles.